The van der Waals surface area contributed by atoms with Gasteiger partial charge in [0.05, 0.1) is 5.75 Å². The summed E-state index contributed by atoms with van der Waals surface area (Å²) in [4.78, 5) is 26.1. The van der Waals surface area contributed by atoms with Gasteiger partial charge in [-0.1, -0.05) is 11.8 Å². The summed E-state index contributed by atoms with van der Waals surface area (Å²) >= 11 is 1.48. The number of hydrogen-bond acceptors (Lipinski definition) is 5. The minimum absolute atomic E-state index is 0.0988. The van der Waals surface area contributed by atoms with Crippen LogP contribution >= 0.6 is 11.8 Å². The van der Waals surface area contributed by atoms with E-state index in [0.717, 1.165) is 5.16 Å². The summed E-state index contributed by atoms with van der Waals surface area (Å²) < 4.78 is 7.24. The van der Waals surface area contributed by atoms with Gasteiger partial charge in [0, 0.05) is 19.4 Å². The van der Waals surface area contributed by atoms with Crippen LogP contribution in [0.15, 0.2) is 34.1 Å². The lowest BCUT2D eigenvalue weighted by molar-refractivity contribution is -0.135. The Balaban J connectivity index is 1.90. The van der Waals surface area contributed by atoms with E-state index in [0.29, 0.717) is 11.5 Å². The van der Waals surface area contributed by atoms with Gasteiger partial charge in [-0.25, -0.2) is 4.98 Å². The van der Waals surface area contributed by atoms with Gasteiger partial charge in [-0.3, -0.25) is 9.59 Å². The van der Waals surface area contributed by atoms with Crippen LogP contribution in [0.1, 0.15) is 16.3 Å². The standard InChI is InChI=1S/C12H13N3O4S/c1-15-5-4-13-12(15)20-7-8-2-3-9(19-8)11(18)14-6-10(16)17/h2-5H,6-7H2,1H3,(H,14,18)(H,16,17). The summed E-state index contributed by atoms with van der Waals surface area (Å²) in [5.41, 5.74) is 0. The third-order valence-corrected chi connectivity index (χ3v) is 3.49. The van der Waals surface area contributed by atoms with Crippen molar-refractivity contribution in [3.63, 3.8) is 0 Å². The first-order chi connectivity index (χ1) is 9.56. The van der Waals surface area contributed by atoms with Crippen molar-refractivity contribution in [2.24, 2.45) is 7.05 Å². The fourth-order valence-electron chi connectivity index (χ4n) is 1.45. The maximum Gasteiger partial charge on any atom is 0.322 e. The summed E-state index contributed by atoms with van der Waals surface area (Å²) in [7, 11) is 1.89. The summed E-state index contributed by atoms with van der Waals surface area (Å²) in [6, 6.07) is 3.21. The Morgan fingerprint density at radius 3 is 2.95 bits per heavy atom. The number of aromatic nitrogens is 2. The molecular weight excluding hydrogens is 282 g/mol. The van der Waals surface area contributed by atoms with E-state index >= 15 is 0 Å². The molecule has 0 aromatic carbocycles. The zero-order valence-electron chi connectivity index (χ0n) is 10.7. The molecule has 0 bridgehead atoms. The molecule has 0 saturated heterocycles. The highest BCUT2D eigenvalue weighted by Gasteiger charge is 2.12. The largest absolute Gasteiger partial charge is 0.480 e. The molecule has 2 heterocycles. The number of thioether (sulfide) groups is 1. The fraction of sp³-hybridized carbons (Fsp3) is 0.250. The van der Waals surface area contributed by atoms with E-state index in [4.69, 9.17) is 9.52 Å². The maximum absolute atomic E-state index is 11.6. The van der Waals surface area contributed by atoms with E-state index in [1.54, 1.807) is 12.3 Å². The third kappa shape index (κ3) is 3.64. The Morgan fingerprint density at radius 1 is 1.50 bits per heavy atom. The molecule has 2 aromatic rings. The van der Waals surface area contributed by atoms with Gasteiger partial charge in [-0.15, -0.1) is 0 Å². The van der Waals surface area contributed by atoms with Gasteiger partial charge in [0.2, 0.25) is 0 Å². The molecule has 2 rings (SSSR count). The molecule has 0 spiro atoms. The quantitative estimate of drug-likeness (QED) is 0.775. The van der Waals surface area contributed by atoms with Crippen LogP contribution in [-0.4, -0.2) is 33.1 Å². The second kappa shape index (κ2) is 6.29. The Labute approximate surface area is 119 Å². The van der Waals surface area contributed by atoms with Crippen molar-refractivity contribution in [1.29, 1.82) is 0 Å². The molecule has 2 N–H and O–H groups in total. The lowest BCUT2D eigenvalue weighted by atomic mass is 10.4. The first kappa shape index (κ1) is 14.2. The summed E-state index contributed by atoms with van der Waals surface area (Å²) in [5, 5.41) is 11.6. The topological polar surface area (TPSA) is 97.4 Å². The van der Waals surface area contributed by atoms with Crippen LogP contribution in [0.3, 0.4) is 0 Å². The van der Waals surface area contributed by atoms with Crippen molar-refractivity contribution < 1.29 is 19.1 Å². The average Bonchev–Trinajstić information content (AvgIpc) is 3.02. The first-order valence-electron chi connectivity index (χ1n) is 5.75. The highest BCUT2D eigenvalue weighted by molar-refractivity contribution is 7.98. The second-order valence-corrected chi connectivity index (χ2v) is 4.89. The van der Waals surface area contributed by atoms with Crippen LogP contribution in [0.2, 0.25) is 0 Å². The number of imidazole rings is 1. The molecule has 20 heavy (non-hydrogen) atoms. The van der Waals surface area contributed by atoms with E-state index in [1.165, 1.54) is 17.8 Å². The van der Waals surface area contributed by atoms with E-state index < -0.39 is 18.4 Å². The summed E-state index contributed by atoms with van der Waals surface area (Å²) in [6.07, 6.45) is 3.55. The number of carboxylic acid groups (broad SMARTS) is 1. The van der Waals surface area contributed by atoms with Gasteiger partial charge in [0.25, 0.3) is 5.91 Å². The van der Waals surface area contributed by atoms with Crippen molar-refractivity contribution in [3.8, 4) is 0 Å². The Morgan fingerprint density at radius 2 is 2.30 bits per heavy atom. The predicted octanol–water partition coefficient (Wildman–Crippen LogP) is 1.12. The van der Waals surface area contributed by atoms with Crippen LogP contribution in [-0.2, 0) is 17.6 Å². The lowest BCUT2D eigenvalue weighted by Crippen LogP contribution is -2.28. The van der Waals surface area contributed by atoms with Crippen LogP contribution in [0.5, 0.6) is 0 Å². The number of carbonyl (C=O) groups is 2. The zero-order valence-corrected chi connectivity index (χ0v) is 11.5. The molecule has 0 aliphatic heterocycles. The molecule has 7 nitrogen and oxygen atoms in total. The monoisotopic (exact) mass is 295 g/mol. The van der Waals surface area contributed by atoms with E-state index in [9.17, 15) is 9.59 Å². The molecule has 0 atom stereocenters. The van der Waals surface area contributed by atoms with Crippen LogP contribution in [0.4, 0.5) is 0 Å². The van der Waals surface area contributed by atoms with Crippen molar-refractivity contribution >= 4 is 23.6 Å². The lowest BCUT2D eigenvalue weighted by Gasteiger charge is -2.00. The number of aryl methyl sites for hydroxylation is 1. The van der Waals surface area contributed by atoms with E-state index in [2.05, 4.69) is 10.3 Å². The predicted molar refractivity (Wildman–Crippen MR) is 71.4 cm³/mol. The van der Waals surface area contributed by atoms with Crippen molar-refractivity contribution in [1.82, 2.24) is 14.9 Å². The number of aliphatic carboxylic acids is 1. The number of amides is 1. The highest BCUT2D eigenvalue weighted by atomic mass is 32.2. The number of nitrogens with zero attached hydrogens (tertiary/aromatic N) is 2. The van der Waals surface area contributed by atoms with Gasteiger partial charge < -0.3 is 19.4 Å². The Hall–Kier alpha value is -2.22. The molecule has 0 aliphatic carbocycles. The molecule has 0 aliphatic rings. The molecule has 1 amide bonds. The van der Waals surface area contributed by atoms with Gasteiger partial charge >= 0.3 is 5.97 Å². The van der Waals surface area contributed by atoms with E-state index in [1.807, 2.05) is 17.8 Å². The minimum atomic E-state index is -1.10. The zero-order chi connectivity index (χ0) is 14.5. The second-order valence-electron chi connectivity index (χ2n) is 3.95. The number of furan rings is 1. The van der Waals surface area contributed by atoms with Gasteiger partial charge in [0.15, 0.2) is 10.9 Å². The maximum atomic E-state index is 11.6. The number of hydrogen-bond donors (Lipinski definition) is 2. The summed E-state index contributed by atoms with van der Waals surface area (Å²) in [5.74, 6) is -0.381. The SMILES string of the molecule is Cn1ccnc1SCc1ccc(C(=O)NCC(=O)O)o1. The van der Waals surface area contributed by atoms with Crippen LogP contribution in [0, 0.1) is 0 Å². The first-order valence-corrected chi connectivity index (χ1v) is 6.73. The van der Waals surface area contributed by atoms with Gasteiger partial charge in [-0.05, 0) is 12.1 Å². The highest BCUT2D eigenvalue weighted by Crippen LogP contribution is 2.21. The number of rotatable bonds is 6. The van der Waals surface area contributed by atoms with Crippen molar-refractivity contribution in [2.75, 3.05) is 6.54 Å². The Bertz CT molecular complexity index is 620. The van der Waals surface area contributed by atoms with Crippen LogP contribution in [0.25, 0.3) is 0 Å². The minimum Gasteiger partial charge on any atom is -0.480 e. The van der Waals surface area contributed by atoms with E-state index in [-0.39, 0.29) is 5.76 Å². The number of carboxylic acids is 1. The molecule has 2 aromatic heterocycles. The van der Waals surface area contributed by atoms with Gasteiger partial charge in [0.1, 0.15) is 12.3 Å². The molecule has 0 radical (unpaired) electrons. The fourth-order valence-corrected chi connectivity index (χ4v) is 2.27. The van der Waals surface area contributed by atoms with Crippen LogP contribution < -0.4 is 5.32 Å². The molecule has 0 unspecified atom stereocenters. The van der Waals surface area contributed by atoms with Gasteiger partial charge in [-0.2, -0.15) is 0 Å². The number of carbonyl (C=O) groups excluding carboxylic acids is 1. The van der Waals surface area contributed by atoms with Crippen molar-refractivity contribution in [2.45, 2.75) is 10.9 Å². The smallest absolute Gasteiger partial charge is 0.322 e. The molecule has 8 heteroatoms. The molecule has 106 valence electrons. The molecule has 0 fully saturated rings. The third-order valence-electron chi connectivity index (χ3n) is 2.41. The number of nitrogens with one attached hydrogen (secondary N) is 1. The van der Waals surface area contributed by atoms with Crippen molar-refractivity contribution in [3.05, 3.63) is 36.0 Å². The Kier molecular flexibility index (Phi) is 4.46. The normalized spacial score (nSPS) is 10.4. The average molecular weight is 295 g/mol. The molecule has 0 saturated carbocycles. The molecular formula is C12H13N3O4S. The summed E-state index contributed by atoms with van der Waals surface area (Å²) in [6.45, 7) is -0.434.